The van der Waals surface area contributed by atoms with Crippen molar-refractivity contribution in [3.05, 3.63) is 77.9 Å². The monoisotopic (exact) mass is 440 g/mol. The average Bonchev–Trinajstić information content (AvgIpc) is 3.20. The van der Waals surface area contributed by atoms with Crippen molar-refractivity contribution in [2.24, 2.45) is 5.14 Å². The van der Waals surface area contributed by atoms with E-state index in [0.29, 0.717) is 35.1 Å². The third-order valence-corrected chi connectivity index (χ3v) is 5.51. The molecule has 3 aromatic rings. The van der Waals surface area contributed by atoms with Crippen LogP contribution in [-0.4, -0.2) is 21.1 Å². The summed E-state index contributed by atoms with van der Waals surface area (Å²) in [6, 6.07) is 18.6. The number of anilines is 1. The van der Waals surface area contributed by atoms with E-state index < -0.39 is 10.0 Å². The number of sulfonamides is 1. The Morgan fingerprint density at radius 2 is 1.74 bits per heavy atom. The van der Waals surface area contributed by atoms with Crippen LogP contribution in [0.5, 0.6) is 17.2 Å². The summed E-state index contributed by atoms with van der Waals surface area (Å²) in [5.41, 5.74) is 2.19. The maximum Gasteiger partial charge on any atom is 0.238 e. The highest BCUT2D eigenvalue weighted by Gasteiger charge is 2.14. The van der Waals surface area contributed by atoms with E-state index in [9.17, 15) is 13.2 Å². The quantitative estimate of drug-likeness (QED) is 0.584. The molecule has 0 saturated heterocycles. The van der Waals surface area contributed by atoms with Gasteiger partial charge in [-0.25, -0.2) is 13.6 Å². The Morgan fingerprint density at radius 3 is 2.52 bits per heavy atom. The van der Waals surface area contributed by atoms with E-state index in [1.165, 1.54) is 12.1 Å². The molecule has 160 valence electrons. The Bertz CT molecular complexity index is 1210. The number of hydrogen-bond acceptors (Lipinski definition) is 6. The van der Waals surface area contributed by atoms with Crippen LogP contribution < -0.4 is 24.7 Å². The van der Waals surface area contributed by atoms with Gasteiger partial charge in [0.2, 0.25) is 22.7 Å². The number of benzene rings is 3. The van der Waals surface area contributed by atoms with Crippen LogP contribution in [-0.2, 0) is 27.8 Å². The third-order valence-electron chi connectivity index (χ3n) is 4.58. The fourth-order valence-electron chi connectivity index (χ4n) is 3.06. The zero-order chi connectivity index (χ0) is 21.8. The lowest BCUT2D eigenvalue weighted by Crippen LogP contribution is -2.15. The van der Waals surface area contributed by atoms with Crippen molar-refractivity contribution in [2.75, 3.05) is 12.1 Å². The molecule has 1 aliphatic heterocycles. The number of carbonyl (C=O) groups excluding carboxylic acids is 1. The van der Waals surface area contributed by atoms with Gasteiger partial charge in [-0.3, -0.25) is 4.79 Å². The molecule has 0 aromatic heterocycles. The van der Waals surface area contributed by atoms with Gasteiger partial charge in [0.05, 0.1) is 11.3 Å². The first-order valence-corrected chi connectivity index (χ1v) is 10.9. The number of nitrogens with two attached hydrogens (primary N) is 1. The Hall–Kier alpha value is -3.56. The van der Waals surface area contributed by atoms with Gasteiger partial charge < -0.3 is 19.5 Å². The lowest BCUT2D eigenvalue weighted by atomic mass is 10.1. The van der Waals surface area contributed by atoms with Crippen LogP contribution in [0.15, 0.2) is 71.6 Å². The molecule has 1 aliphatic rings. The normalized spacial score (nSPS) is 12.4. The summed E-state index contributed by atoms with van der Waals surface area (Å²) < 4.78 is 39.0. The molecule has 0 fully saturated rings. The summed E-state index contributed by atoms with van der Waals surface area (Å²) in [5, 5.41) is 7.91. The molecule has 4 rings (SSSR count). The van der Waals surface area contributed by atoms with Gasteiger partial charge in [0, 0.05) is 11.8 Å². The molecule has 31 heavy (non-hydrogen) atoms. The molecule has 3 aromatic carbocycles. The molecule has 0 unspecified atom stereocenters. The minimum Gasteiger partial charge on any atom is -0.489 e. The molecule has 1 heterocycles. The number of hydrogen-bond donors (Lipinski definition) is 2. The first-order valence-electron chi connectivity index (χ1n) is 9.40. The van der Waals surface area contributed by atoms with Crippen LogP contribution in [0.2, 0.25) is 0 Å². The van der Waals surface area contributed by atoms with Crippen LogP contribution in [0.3, 0.4) is 0 Å². The molecule has 8 nitrogen and oxygen atoms in total. The highest BCUT2D eigenvalue weighted by molar-refractivity contribution is 7.89. The molecule has 0 bridgehead atoms. The van der Waals surface area contributed by atoms with E-state index in [0.717, 1.165) is 5.56 Å². The fraction of sp³-hybridized carbons (Fsp3) is 0.136. The second-order valence-corrected chi connectivity index (χ2v) is 8.48. The summed E-state index contributed by atoms with van der Waals surface area (Å²) >= 11 is 0. The summed E-state index contributed by atoms with van der Waals surface area (Å²) in [7, 11) is -3.76. The van der Waals surface area contributed by atoms with Gasteiger partial charge >= 0.3 is 0 Å². The van der Waals surface area contributed by atoms with Crippen molar-refractivity contribution in [1.82, 2.24) is 0 Å². The summed E-state index contributed by atoms with van der Waals surface area (Å²) in [5.74, 6) is 1.77. The molecular weight excluding hydrogens is 420 g/mol. The SMILES string of the molecule is NS(=O)(=O)c1ccc(CC(=O)Nc2cccc(COc3ccc4c(c3)OCO4)c2)cc1. The van der Waals surface area contributed by atoms with Crippen molar-refractivity contribution in [2.45, 2.75) is 17.9 Å². The Kier molecular flexibility index (Phi) is 5.79. The predicted octanol–water partition coefficient (Wildman–Crippen LogP) is 2.82. The van der Waals surface area contributed by atoms with E-state index >= 15 is 0 Å². The fourth-order valence-corrected chi connectivity index (χ4v) is 3.58. The van der Waals surface area contributed by atoms with Gasteiger partial charge in [-0.2, -0.15) is 0 Å². The van der Waals surface area contributed by atoms with Crippen LogP contribution in [0.1, 0.15) is 11.1 Å². The molecular formula is C22H20N2O6S. The van der Waals surface area contributed by atoms with Gasteiger partial charge in [-0.1, -0.05) is 24.3 Å². The topological polar surface area (TPSA) is 117 Å². The highest BCUT2D eigenvalue weighted by atomic mass is 32.2. The Balaban J connectivity index is 1.34. The maximum atomic E-state index is 12.4. The van der Waals surface area contributed by atoms with Crippen LogP contribution in [0.4, 0.5) is 5.69 Å². The van der Waals surface area contributed by atoms with E-state index in [1.54, 1.807) is 36.4 Å². The lowest BCUT2D eigenvalue weighted by Gasteiger charge is -2.10. The molecule has 3 N–H and O–H groups in total. The van der Waals surface area contributed by atoms with Crippen molar-refractivity contribution in [3.63, 3.8) is 0 Å². The van der Waals surface area contributed by atoms with Gasteiger partial charge in [-0.15, -0.1) is 0 Å². The molecule has 0 atom stereocenters. The van der Waals surface area contributed by atoms with Crippen molar-refractivity contribution in [3.8, 4) is 17.2 Å². The number of ether oxygens (including phenoxy) is 3. The standard InChI is InChI=1S/C22H20N2O6S/c23-31(26,27)19-7-4-15(5-8-19)11-22(25)24-17-3-1-2-16(10-17)13-28-18-6-9-20-21(12-18)30-14-29-20/h1-10,12H,11,13-14H2,(H,24,25)(H2,23,26,27). The number of primary sulfonamides is 1. The van der Waals surface area contributed by atoms with Crippen molar-refractivity contribution >= 4 is 21.6 Å². The van der Waals surface area contributed by atoms with Crippen molar-refractivity contribution < 1.29 is 27.4 Å². The van der Waals surface area contributed by atoms with E-state index in [4.69, 9.17) is 19.3 Å². The number of nitrogens with one attached hydrogen (secondary N) is 1. The van der Waals surface area contributed by atoms with Gasteiger partial charge in [0.15, 0.2) is 11.5 Å². The number of rotatable bonds is 7. The minimum absolute atomic E-state index is 0.00631. The minimum atomic E-state index is -3.76. The smallest absolute Gasteiger partial charge is 0.238 e. The molecule has 9 heteroatoms. The molecule has 0 aliphatic carbocycles. The first-order chi connectivity index (χ1) is 14.9. The van der Waals surface area contributed by atoms with Crippen LogP contribution >= 0.6 is 0 Å². The van der Waals surface area contributed by atoms with Gasteiger partial charge in [0.25, 0.3) is 0 Å². The molecule has 0 radical (unpaired) electrons. The van der Waals surface area contributed by atoms with Gasteiger partial charge in [-0.05, 0) is 47.5 Å². The third kappa shape index (κ3) is 5.33. The van der Waals surface area contributed by atoms with E-state index in [1.807, 2.05) is 18.2 Å². The number of amides is 1. The van der Waals surface area contributed by atoms with Crippen LogP contribution in [0.25, 0.3) is 0 Å². The summed E-state index contributed by atoms with van der Waals surface area (Å²) in [4.78, 5) is 12.4. The number of fused-ring (bicyclic) bond motifs is 1. The number of carbonyl (C=O) groups is 1. The van der Waals surface area contributed by atoms with E-state index in [2.05, 4.69) is 5.32 Å². The summed E-state index contributed by atoms with van der Waals surface area (Å²) in [6.45, 7) is 0.523. The van der Waals surface area contributed by atoms with Crippen LogP contribution in [0, 0.1) is 0 Å². The summed E-state index contributed by atoms with van der Waals surface area (Å²) in [6.07, 6.45) is 0.100. The highest BCUT2D eigenvalue weighted by Crippen LogP contribution is 2.35. The second-order valence-electron chi connectivity index (χ2n) is 6.92. The Labute approximate surface area is 179 Å². The maximum absolute atomic E-state index is 12.4. The second kappa shape index (κ2) is 8.66. The van der Waals surface area contributed by atoms with Crippen molar-refractivity contribution in [1.29, 1.82) is 0 Å². The van der Waals surface area contributed by atoms with E-state index in [-0.39, 0.29) is 24.0 Å². The lowest BCUT2D eigenvalue weighted by molar-refractivity contribution is -0.115. The average molecular weight is 440 g/mol. The largest absolute Gasteiger partial charge is 0.489 e. The zero-order valence-corrected chi connectivity index (χ0v) is 17.2. The van der Waals surface area contributed by atoms with Gasteiger partial charge in [0.1, 0.15) is 12.4 Å². The Morgan fingerprint density at radius 1 is 0.968 bits per heavy atom. The predicted molar refractivity (Wildman–Crippen MR) is 113 cm³/mol. The first kappa shape index (κ1) is 20.7. The molecule has 0 spiro atoms. The zero-order valence-electron chi connectivity index (χ0n) is 16.4. The molecule has 1 amide bonds. The molecule has 0 saturated carbocycles.